The van der Waals surface area contributed by atoms with Crippen LogP contribution in [0.5, 0.6) is 5.75 Å². The van der Waals surface area contributed by atoms with Crippen molar-refractivity contribution in [1.29, 1.82) is 0 Å². The Morgan fingerprint density at radius 2 is 1.65 bits per heavy atom. The molecule has 0 aliphatic heterocycles. The number of pyridine rings is 1. The average Bonchev–Trinajstić information content (AvgIpc) is 2.99. The summed E-state index contributed by atoms with van der Waals surface area (Å²) in [6.45, 7) is 5.35. The van der Waals surface area contributed by atoms with Crippen molar-refractivity contribution in [2.24, 2.45) is 0 Å². The first-order chi connectivity index (χ1) is 14.9. The number of benzene rings is 2. The average molecular weight is 422 g/mol. The predicted octanol–water partition coefficient (Wildman–Crippen LogP) is 5.18. The highest BCUT2D eigenvalue weighted by molar-refractivity contribution is 5.86. The quantitative estimate of drug-likeness (QED) is 0.326. The molecule has 0 fully saturated rings. The lowest BCUT2D eigenvalue weighted by atomic mass is 10.2. The van der Waals surface area contributed by atoms with Crippen molar-refractivity contribution in [3.05, 3.63) is 110 Å². The van der Waals surface area contributed by atoms with Gasteiger partial charge < -0.3 is 24.6 Å². The fraction of sp³-hybridized carbons (Fsp3) is 0.174. The molecule has 0 atom stereocenters. The maximum Gasteiger partial charge on any atom is 0.147 e. The summed E-state index contributed by atoms with van der Waals surface area (Å²) in [5, 5.41) is 14.8. The van der Waals surface area contributed by atoms with E-state index in [9.17, 15) is 4.39 Å². The van der Waals surface area contributed by atoms with Crippen LogP contribution in [0.15, 0.2) is 66.9 Å². The molecule has 0 N–H and O–H groups in total. The molecule has 0 unspecified atom stereocenters. The Bertz CT molecular complexity index is 1170. The highest BCUT2D eigenvalue weighted by Gasteiger charge is 2.16. The van der Waals surface area contributed by atoms with E-state index in [-0.39, 0.29) is 5.82 Å². The van der Waals surface area contributed by atoms with Crippen LogP contribution in [0.4, 0.5) is 4.39 Å². The van der Waals surface area contributed by atoms with Gasteiger partial charge in [-0.05, 0) is 42.7 Å². The lowest BCUT2D eigenvalue weighted by Gasteiger charge is -2.13. The standard InChI is InChI=1S/C23H21FN2O.NO3/c1-16-17(2)26(14-18-6-4-3-5-7-18)23-21(12-13-25-22(16)23)27-15-19-8-10-20(24)11-9-19;2-1(3)4/h3-13H,14-15H2,1-2H3;/q;-1. The maximum atomic E-state index is 13.1. The summed E-state index contributed by atoms with van der Waals surface area (Å²) in [6.07, 6.45) is 1.78. The Morgan fingerprint density at radius 1 is 1.00 bits per heavy atom. The Kier molecular flexibility index (Phi) is 6.81. The largest absolute Gasteiger partial charge is 0.487 e. The highest BCUT2D eigenvalue weighted by Crippen LogP contribution is 2.32. The van der Waals surface area contributed by atoms with Gasteiger partial charge in [-0.15, -0.1) is 0 Å². The molecule has 0 saturated heterocycles. The first-order valence-electron chi connectivity index (χ1n) is 9.54. The summed E-state index contributed by atoms with van der Waals surface area (Å²) in [4.78, 5) is 12.8. The first-order valence-corrected chi connectivity index (χ1v) is 9.54. The second kappa shape index (κ2) is 9.71. The van der Waals surface area contributed by atoms with Crippen LogP contribution in [0, 0.1) is 35.0 Å². The van der Waals surface area contributed by atoms with E-state index in [2.05, 4.69) is 35.5 Å². The van der Waals surface area contributed by atoms with E-state index in [1.807, 2.05) is 24.3 Å². The smallest absolute Gasteiger partial charge is 0.147 e. The van der Waals surface area contributed by atoms with Gasteiger partial charge in [-0.1, -0.05) is 42.5 Å². The summed E-state index contributed by atoms with van der Waals surface area (Å²) in [5.74, 6) is 0.546. The van der Waals surface area contributed by atoms with Gasteiger partial charge >= 0.3 is 0 Å². The zero-order valence-electron chi connectivity index (χ0n) is 17.1. The number of ether oxygens (including phenoxy) is 1. The van der Waals surface area contributed by atoms with Crippen LogP contribution >= 0.6 is 0 Å². The molecule has 2 aromatic heterocycles. The topological polar surface area (TPSA) is 93.2 Å². The van der Waals surface area contributed by atoms with E-state index >= 15 is 0 Å². The summed E-state index contributed by atoms with van der Waals surface area (Å²) in [6, 6.07) is 18.6. The van der Waals surface area contributed by atoms with Gasteiger partial charge in [-0.25, -0.2) is 4.39 Å². The van der Waals surface area contributed by atoms with Crippen LogP contribution in [0.2, 0.25) is 0 Å². The molecule has 0 saturated carbocycles. The third-order valence-corrected chi connectivity index (χ3v) is 4.95. The SMILES string of the molecule is Cc1c(C)n(Cc2ccccc2)c2c(OCc3ccc(F)cc3)ccnc12.O=[N+]([O-])[O-]. The second-order valence-electron chi connectivity index (χ2n) is 6.93. The van der Waals surface area contributed by atoms with E-state index < -0.39 is 5.09 Å². The molecule has 0 aliphatic rings. The molecule has 2 heterocycles. The number of nitrogens with zero attached hydrogens (tertiary/aromatic N) is 3. The van der Waals surface area contributed by atoms with Crippen molar-refractivity contribution < 1.29 is 14.2 Å². The number of hydrogen-bond donors (Lipinski definition) is 0. The Morgan fingerprint density at radius 3 is 2.29 bits per heavy atom. The summed E-state index contributed by atoms with van der Waals surface area (Å²) < 4.78 is 21.5. The minimum absolute atomic E-state index is 0.243. The molecule has 160 valence electrons. The number of fused-ring (bicyclic) bond motifs is 1. The number of aromatic nitrogens is 2. The summed E-state index contributed by atoms with van der Waals surface area (Å²) >= 11 is 0. The van der Waals surface area contributed by atoms with Crippen molar-refractivity contribution >= 4 is 11.0 Å². The molecular formula is C23H21FN3O4-. The first kappa shape index (κ1) is 21.8. The Hall–Kier alpha value is -3.94. The molecule has 0 radical (unpaired) electrons. The number of hydrogen-bond acceptors (Lipinski definition) is 5. The number of halogens is 1. The lowest BCUT2D eigenvalue weighted by Crippen LogP contribution is -2.04. The molecular weight excluding hydrogens is 401 g/mol. The normalized spacial score (nSPS) is 10.4. The van der Waals surface area contributed by atoms with Crippen LogP contribution in [-0.4, -0.2) is 14.6 Å². The van der Waals surface area contributed by atoms with Gasteiger partial charge in [0.05, 0.1) is 10.6 Å². The van der Waals surface area contributed by atoms with E-state index in [0.717, 1.165) is 34.5 Å². The van der Waals surface area contributed by atoms with E-state index in [4.69, 9.17) is 20.1 Å². The van der Waals surface area contributed by atoms with Gasteiger partial charge in [0, 0.05) is 24.5 Å². The van der Waals surface area contributed by atoms with Crippen LogP contribution in [0.25, 0.3) is 11.0 Å². The molecule has 4 rings (SSSR count). The van der Waals surface area contributed by atoms with Crippen molar-refractivity contribution in [2.75, 3.05) is 0 Å². The van der Waals surface area contributed by atoms with E-state index in [1.165, 1.54) is 23.4 Å². The molecule has 7 nitrogen and oxygen atoms in total. The fourth-order valence-corrected chi connectivity index (χ4v) is 3.33. The molecule has 0 amide bonds. The number of rotatable bonds is 5. The van der Waals surface area contributed by atoms with Crippen LogP contribution in [0.1, 0.15) is 22.4 Å². The van der Waals surface area contributed by atoms with Crippen LogP contribution in [-0.2, 0) is 13.2 Å². The minimum atomic E-state index is -1.75. The zero-order chi connectivity index (χ0) is 22.4. The molecule has 2 aromatic carbocycles. The highest BCUT2D eigenvalue weighted by atomic mass is 19.1. The van der Waals surface area contributed by atoms with Crippen molar-refractivity contribution in [3.8, 4) is 5.75 Å². The zero-order valence-corrected chi connectivity index (χ0v) is 17.1. The molecule has 0 bridgehead atoms. The summed E-state index contributed by atoms with van der Waals surface area (Å²) in [7, 11) is 0. The van der Waals surface area contributed by atoms with Crippen molar-refractivity contribution in [1.82, 2.24) is 9.55 Å². The number of aryl methyl sites for hydroxylation is 1. The van der Waals surface area contributed by atoms with E-state index in [0.29, 0.717) is 6.61 Å². The molecule has 0 aliphatic carbocycles. The van der Waals surface area contributed by atoms with Crippen LogP contribution < -0.4 is 4.74 Å². The molecule has 31 heavy (non-hydrogen) atoms. The Labute approximate surface area is 178 Å². The minimum Gasteiger partial charge on any atom is -0.487 e. The van der Waals surface area contributed by atoms with Crippen molar-refractivity contribution in [3.63, 3.8) is 0 Å². The van der Waals surface area contributed by atoms with Gasteiger partial charge in [0.15, 0.2) is 0 Å². The monoisotopic (exact) mass is 422 g/mol. The Balaban J connectivity index is 0.000000628. The lowest BCUT2D eigenvalue weighted by molar-refractivity contribution is -0.402. The third-order valence-electron chi connectivity index (χ3n) is 4.95. The third kappa shape index (κ3) is 5.36. The van der Waals surface area contributed by atoms with Crippen molar-refractivity contribution in [2.45, 2.75) is 27.0 Å². The van der Waals surface area contributed by atoms with Gasteiger partial charge in [0.2, 0.25) is 0 Å². The second-order valence-corrected chi connectivity index (χ2v) is 6.93. The summed E-state index contributed by atoms with van der Waals surface area (Å²) in [5.41, 5.74) is 6.45. The molecule has 0 spiro atoms. The predicted molar refractivity (Wildman–Crippen MR) is 116 cm³/mol. The molecule has 4 aromatic rings. The molecule has 8 heteroatoms. The van der Waals surface area contributed by atoms with Gasteiger partial charge in [0.25, 0.3) is 0 Å². The van der Waals surface area contributed by atoms with Gasteiger partial charge in [0.1, 0.15) is 23.7 Å². The van der Waals surface area contributed by atoms with E-state index in [1.54, 1.807) is 18.3 Å². The van der Waals surface area contributed by atoms with Gasteiger partial charge in [-0.3, -0.25) is 4.98 Å². The maximum absolute atomic E-state index is 13.1. The van der Waals surface area contributed by atoms with Crippen LogP contribution in [0.3, 0.4) is 0 Å². The fourth-order valence-electron chi connectivity index (χ4n) is 3.33. The van der Waals surface area contributed by atoms with Gasteiger partial charge in [-0.2, -0.15) is 0 Å².